The molecule has 5 rings (SSSR count). The van der Waals surface area contributed by atoms with Gasteiger partial charge in [0, 0.05) is 24.0 Å². The summed E-state index contributed by atoms with van der Waals surface area (Å²) in [5.74, 6) is -0.430. The minimum Gasteiger partial charge on any atom is -0.348 e. The first-order valence-electron chi connectivity index (χ1n) is 11.5. The first kappa shape index (κ1) is 25.7. The monoisotopic (exact) mass is 564 g/mol. The lowest BCUT2D eigenvalue weighted by atomic mass is 10.1. The molecule has 0 fully saturated rings. The molecule has 3 aromatic carbocycles. The Morgan fingerprint density at radius 2 is 1.76 bits per heavy atom. The number of thiazole rings is 1. The lowest BCUT2D eigenvalue weighted by Gasteiger charge is -2.13. The molecule has 0 saturated heterocycles. The van der Waals surface area contributed by atoms with Crippen LogP contribution < -0.4 is 14.9 Å². The van der Waals surface area contributed by atoms with Crippen LogP contribution in [0.3, 0.4) is 0 Å². The van der Waals surface area contributed by atoms with E-state index in [4.69, 9.17) is 11.6 Å². The summed E-state index contributed by atoms with van der Waals surface area (Å²) in [5, 5.41) is 3.38. The minimum atomic E-state index is -4.05. The number of benzene rings is 3. The van der Waals surface area contributed by atoms with Crippen LogP contribution in [-0.4, -0.2) is 23.9 Å². The van der Waals surface area contributed by atoms with E-state index in [2.05, 4.69) is 15.0 Å². The van der Waals surface area contributed by atoms with Crippen molar-refractivity contribution in [2.75, 3.05) is 4.72 Å². The summed E-state index contributed by atoms with van der Waals surface area (Å²) in [4.78, 5) is 29.3. The number of rotatable bonds is 8. The Morgan fingerprint density at radius 3 is 2.53 bits per heavy atom. The van der Waals surface area contributed by atoms with Crippen LogP contribution in [0.25, 0.3) is 10.2 Å². The Bertz CT molecular complexity index is 1780. The Kier molecular flexibility index (Phi) is 7.28. The third-order valence-corrected chi connectivity index (χ3v) is 8.35. The Hall–Kier alpha value is -3.99. The SMILES string of the molecule is O=C(NCc1cccnc1)c1ccccc1NS(=O)(=O)c1ccc2c(c1)sc(=O)n2Cc1ccc(Cl)cc1. The molecule has 0 bridgehead atoms. The van der Waals surface area contributed by atoms with Crippen molar-refractivity contribution in [1.82, 2.24) is 14.9 Å². The second-order valence-electron chi connectivity index (χ2n) is 8.41. The van der Waals surface area contributed by atoms with E-state index in [-0.39, 0.29) is 27.6 Å². The molecule has 1 amide bonds. The highest BCUT2D eigenvalue weighted by Gasteiger charge is 2.20. The van der Waals surface area contributed by atoms with E-state index in [1.165, 1.54) is 18.2 Å². The maximum absolute atomic E-state index is 13.3. The average Bonchev–Trinajstić information content (AvgIpc) is 3.23. The fourth-order valence-corrected chi connectivity index (χ4v) is 6.13. The highest BCUT2D eigenvalue weighted by atomic mass is 35.5. The summed E-state index contributed by atoms with van der Waals surface area (Å²) in [7, 11) is -4.05. The van der Waals surface area contributed by atoms with Crippen molar-refractivity contribution in [3.05, 3.63) is 123 Å². The second-order valence-corrected chi connectivity index (χ2v) is 11.5. The number of halogens is 1. The van der Waals surface area contributed by atoms with Crippen LogP contribution in [0.4, 0.5) is 5.69 Å². The summed E-state index contributed by atoms with van der Waals surface area (Å²) in [6.07, 6.45) is 3.28. The van der Waals surface area contributed by atoms with E-state index >= 15 is 0 Å². The van der Waals surface area contributed by atoms with Crippen molar-refractivity contribution >= 4 is 54.8 Å². The topological polar surface area (TPSA) is 110 Å². The van der Waals surface area contributed by atoms with E-state index < -0.39 is 15.9 Å². The molecular formula is C27H21ClN4O4S2. The summed E-state index contributed by atoms with van der Waals surface area (Å²) < 4.78 is 31.2. The Balaban J connectivity index is 1.38. The number of sulfonamides is 1. The minimum absolute atomic E-state index is 0.0181. The summed E-state index contributed by atoms with van der Waals surface area (Å²) in [6.45, 7) is 0.582. The zero-order valence-electron chi connectivity index (χ0n) is 19.8. The van der Waals surface area contributed by atoms with Gasteiger partial charge in [-0.2, -0.15) is 0 Å². The molecule has 0 aliphatic carbocycles. The number of amides is 1. The van der Waals surface area contributed by atoms with Crippen LogP contribution in [-0.2, 0) is 23.1 Å². The number of fused-ring (bicyclic) bond motifs is 1. The molecule has 0 aliphatic rings. The average molecular weight is 565 g/mol. The van der Waals surface area contributed by atoms with E-state index in [1.807, 2.05) is 18.2 Å². The van der Waals surface area contributed by atoms with Crippen molar-refractivity contribution in [3.63, 3.8) is 0 Å². The molecular weight excluding hydrogens is 544 g/mol. The molecule has 0 aliphatic heterocycles. The van der Waals surface area contributed by atoms with Gasteiger partial charge in [0.25, 0.3) is 15.9 Å². The van der Waals surface area contributed by atoms with Gasteiger partial charge < -0.3 is 5.32 Å². The van der Waals surface area contributed by atoms with Gasteiger partial charge in [-0.25, -0.2) is 8.42 Å². The molecule has 2 N–H and O–H groups in total. The molecule has 0 saturated carbocycles. The van der Waals surface area contributed by atoms with Gasteiger partial charge >= 0.3 is 4.87 Å². The number of anilines is 1. The number of aromatic nitrogens is 2. The van der Waals surface area contributed by atoms with Crippen LogP contribution in [0.5, 0.6) is 0 Å². The van der Waals surface area contributed by atoms with E-state index in [9.17, 15) is 18.0 Å². The van der Waals surface area contributed by atoms with Crippen LogP contribution in [0.1, 0.15) is 21.5 Å². The van der Waals surface area contributed by atoms with Crippen molar-refractivity contribution in [1.29, 1.82) is 0 Å². The lowest BCUT2D eigenvalue weighted by Crippen LogP contribution is -2.25. The van der Waals surface area contributed by atoms with Gasteiger partial charge in [-0.05, 0) is 59.7 Å². The Labute approximate surface area is 227 Å². The normalized spacial score (nSPS) is 11.4. The first-order valence-corrected chi connectivity index (χ1v) is 14.1. The number of carbonyl (C=O) groups excluding carboxylic acids is 1. The largest absolute Gasteiger partial charge is 0.348 e. The Morgan fingerprint density at radius 1 is 0.974 bits per heavy atom. The second kappa shape index (κ2) is 10.8. The molecule has 2 aromatic heterocycles. The van der Waals surface area contributed by atoms with Crippen LogP contribution in [0, 0.1) is 0 Å². The van der Waals surface area contributed by atoms with E-state index in [1.54, 1.807) is 59.4 Å². The van der Waals surface area contributed by atoms with Gasteiger partial charge in [0.2, 0.25) is 0 Å². The number of nitrogens with one attached hydrogen (secondary N) is 2. The van der Waals surface area contributed by atoms with Crippen LogP contribution in [0.15, 0.2) is 101 Å². The molecule has 192 valence electrons. The molecule has 0 radical (unpaired) electrons. The number of carbonyl (C=O) groups is 1. The van der Waals surface area contributed by atoms with E-state index in [0.29, 0.717) is 21.8 Å². The predicted molar refractivity (Wildman–Crippen MR) is 149 cm³/mol. The van der Waals surface area contributed by atoms with Gasteiger partial charge in [-0.15, -0.1) is 0 Å². The number of nitrogens with zero attached hydrogens (tertiary/aromatic N) is 2. The number of pyridine rings is 1. The maximum Gasteiger partial charge on any atom is 0.308 e. The van der Waals surface area contributed by atoms with Crippen LogP contribution >= 0.6 is 22.9 Å². The van der Waals surface area contributed by atoms with Gasteiger partial charge in [-0.3, -0.25) is 23.9 Å². The maximum atomic E-state index is 13.3. The molecule has 5 aromatic rings. The molecule has 2 heterocycles. The fourth-order valence-electron chi connectivity index (χ4n) is 3.89. The van der Waals surface area contributed by atoms with Crippen molar-refractivity contribution in [3.8, 4) is 0 Å². The summed E-state index contributed by atoms with van der Waals surface area (Å²) in [6, 6.07) is 21.7. The van der Waals surface area contributed by atoms with Crippen molar-refractivity contribution in [2.45, 2.75) is 18.0 Å². The van der Waals surface area contributed by atoms with Crippen molar-refractivity contribution < 1.29 is 13.2 Å². The van der Waals surface area contributed by atoms with Gasteiger partial charge in [0.15, 0.2) is 0 Å². The summed E-state index contributed by atoms with van der Waals surface area (Å²) in [5.41, 5.74) is 2.66. The number of hydrogen-bond acceptors (Lipinski definition) is 6. The standard InChI is InChI=1S/C27H21ClN4O4S2/c28-20-9-7-18(8-10-20)17-32-24-12-11-21(14-25(24)37-27(32)34)38(35,36)31-23-6-2-1-5-22(23)26(33)30-16-19-4-3-13-29-15-19/h1-15,31H,16-17H2,(H,30,33). The molecule has 0 atom stereocenters. The van der Waals surface area contributed by atoms with Gasteiger partial charge in [0.1, 0.15) is 0 Å². The first-order chi connectivity index (χ1) is 18.3. The number of para-hydroxylation sites is 1. The van der Waals surface area contributed by atoms with Gasteiger partial charge in [-0.1, -0.05) is 53.3 Å². The third-order valence-electron chi connectivity index (χ3n) is 5.80. The zero-order valence-corrected chi connectivity index (χ0v) is 22.2. The highest BCUT2D eigenvalue weighted by molar-refractivity contribution is 7.92. The predicted octanol–water partition coefficient (Wildman–Crippen LogP) is 4.89. The number of hydrogen-bond donors (Lipinski definition) is 2. The lowest BCUT2D eigenvalue weighted by molar-refractivity contribution is 0.0951. The molecule has 0 spiro atoms. The molecule has 11 heteroatoms. The fraction of sp³-hybridized carbons (Fsp3) is 0.0741. The highest BCUT2D eigenvalue weighted by Crippen LogP contribution is 2.25. The molecule has 0 unspecified atom stereocenters. The molecule has 8 nitrogen and oxygen atoms in total. The quantitative estimate of drug-likeness (QED) is 0.279. The van der Waals surface area contributed by atoms with Gasteiger partial charge in [0.05, 0.1) is 32.9 Å². The zero-order chi connectivity index (χ0) is 26.7. The summed E-state index contributed by atoms with van der Waals surface area (Å²) >= 11 is 6.92. The van der Waals surface area contributed by atoms with E-state index in [0.717, 1.165) is 22.5 Å². The third kappa shape index (κ3) is 5.62. The smallest absolute Gasteiger partial charge is 0.308 e. The van der Waals surface area contributed by atoms with Crippen LogP contribution in [0.2, 0.25) is 5.02 Å². The van der Waals surface area contributed by atoms with Crippen molar-refractivity contribution in [2.24, 2.45) is 0 Å². The molecule has 38 heavy (non-hydrogen) atoms.